The number of benzene rings is 2. The van der Waals surface area contributed by atoms with Crippen LogP contribution in [0.25, 0.3) is 0 Å². The second kappa shape index (κ2) is 5.71. The predicted molar refractivity (Wildman–Crippen MR) is 70.3 cm³/mol. The zero-order chi connectivity index (χ0) is 12.1. The SMILES string of the molecule is NCC(Oc1ccccc1)c1ccccc1Cl. The van der Waals surface area contributed by atoms with Crippen molar-refractivity contribution in [3.05, 3.63) is 65.2 Å². The number of hydrogen-bond donors (Lipinski definition) is 1. The fraction of sp³-hybridized carbons (Fsp3) is 0.143. The normalized spacial score (nSPS) is 12.1. The predicted octanol–water partition coefficient (Wildman–Crippen LogP) is 3.42. The van der Waals surface area contributed by atoms with Gasteiger partial charge in [0.2, 0.25) is 0 Å². The number of ether oxygens (including phenoxy) is 1. The molecule has 2 aromatic rings. The monoisotopic (exact) mass is 247 g/mol. The average Bonchev–Trinajstić information content (AvgIpc) is 2.38. The number of hydrogen-bond acceptors (Lipinski definition) is 2. The molecule has 0 radical (unpaired) electrons. The van der Waals surface area contributed by atoms with Gasteiger partial charge in [0, 0.05) is 17.1 Å². The van der Waals surface area contributed by atoms with Crippen LogP contribution in [0.15, 0.2) is 54.6 Å². The van der Waals surface area contributed by atoms with Crippen molar-refractivity contribution in [3.8, 4) is 5.75 Å². The van der Waals surface area contributed by atoms with E-state index in [1.165, 1.54) is 0 Å². The first-order valence-electron chi connectivity index (χ1n) is 5.47. The smallest absolute Gasteiger partial charge is 0.137 e. The maximum atomic E-state index is 6.13. The molecular formula is C14H14ClNO. The molecule has 17 heavy (non-hydrogen) atoms. The van der Waals surface area contributed by atoms with Gasteiger partial charge in [0.1, 0.15) is 11.9 Å². The van der Waals surface area contributed by atoms with E-state index in [4.69, 9.17) is 22.1 Å². The summed E-state index contributed by atoms with van der Waals surface area (Å²) in [5.41, 5.74) is 6.66. The second-order valence-electron chi connectivity index (χ2n) is 3.68. The Bertz CT molecular complexity index is 473. The number of para-hydroxylation sites is 1. The second-order valence-corrected chi connectivity index (χ2v) is 4.08. The summed E-state index contributed by atoms with van der Waals surface area (Å²) in [6.45, 7) is 0.388. The first kappa shape index (κ1) is 12.0. The van der Waals surface area contributed by atoms with Crippen molar-refractivity contribution in [3.63, 3.8) is 0 Å². The van der Waals surface area contributed by atoms with E-state index in [9.17, 15) is 0 Å². The summed E-state index contributed by atoms with van der Waals surface area (Å²) in [5, 5.41) is 0.680. The topological polar surface area (TPSA) is 35.2 Å². The van der Waals surface area contributed by atoms with Crippen molar-refractivity contribution in [1.82, 2.24) is 0 Å². The Hall–Kier alpha value is -1.51. The maximum absolute atomic E-state index is 6.13. The van der Waals surface area contributed by atoms with Crippen LogP contribution in [0.1, 0.15) is 11.7 Å². The van der Waals surface area contributed by atoms with Crippen molar-refractivity contribution >= 4 is 11.6 Å². The van der Waals surface area contributed by atoms with E-state index in [0.29, 0.717) is 11.6 Å². The fourth-order valence-electron chi connectivity index (χ4n) is 1.64. The van der Waals surface area contributed by atoms with Crippen LogP contribution >= 0.6 is 11.6 Å². The Morgan fingerprint density at radius 1 is 1.00 bits per heavy atom. The zero-order valence-corrected chi connectivity index (χ0v) is 10.1. The highest BCUT2D eigenvalue weighted by Gasteiger charge is 2.14. The molecule has 0 bridgehead atoms. The summed E-state index contributed by atoms with van der Waals surface area (Å²) in [6, 6.07) is 17.2. The Labute approximate surface area is 106 Å². The summed E-state index contributed by atoms with van der Waals surface area (Å²) >= 11 is 6.13. The van der Waals surface area contributed by atoms with Crippen LogP contribution in [0.2, 0.25) is 5.02 Å². The van der Waals surface area contributed by atoms with E-state index in [2.05, 4.69) is 0 Å². The Morgan fingerprint density at radius 2 is 1.65 bits per heavy atom. The van der Waals surface area contributed by atoms with Crippen molar-refractivity contribution in [2.45, 2.75) is 6.10 Å². The molecule has 88 valence electrons. The molecule has 0 saturated carbocycles. The van der Waals surface area contributed by atoms with Gasteiger partial charge < -0.3 is 10.5 Å². The van der Waals surface area contributed by atoms with Gasteiger partial charge in [0.05, 0.1) is 0 Å². The molecule has 2 rings (SSSR count). The number of nitrogens with two attached hydrogens (primary N) is 1. The van der Waals surface area contributed by atoms with E-state index in [0.717, 1.165) is 11.3 Å². The van der Waals surface area contributed by atoms with Crippen LogP contribution in [0.4, 0.5) is 0 Å². The van der Waals surface area contributed by atoms with Gasteiger partial charge in [-0.2, -0.15) is 0 Å². The minimum atomic E-state index is -0.217. The molecule has 0 heterocycles. The van der Waals surface area contributed by atoms with Crippen LogP contribution < -0.4 is 10.5 Å². The molecule has 1 atom stereocenters. The molecule has 0 aromatic heterocycles. The fourth-order valence-corrected chi connectivity index (χ4v) is 1.90. The number of rotatable bonds is 4. The Kier molecular flexibility index (Phi) is 4.02. The van der Waals surface area contributed by atoms with Crippen molar-refractivity contribution in [1.29, 1.82) is 0 Å². The molecule has 1 unspecified atom stereocenters. The third-order valence-corrected chi connectivity index (χ3v) is 2.83. The van der Waals surface area contributed by atoms with Gasteiger partial charge in [-0.15, -0.1) is 0 Å². The minimum absolute atomic E-state index is 0.217. The molecule has 0 aliphatic heterocycles. The lowest BCUT2D eigenvalue weighted by Crippen LogP contribution is -2.18. The van der Waals surface area contributed by atoms with Gasteiger partial charge in [0.15, 0.2) is 0 Å². The highest BCUT2D eigenvalue weighted by molar-refractivity contribution is 6.31. The Balaban J connectivity index is 2.21. The molecule has 0 saturated heterocycles. The molecule has 0 aliphatic rings. The average molecular weight is 248 g/mol. The van der Waals surface area contributed by atoms with Gasteiger partial charge in [-0.1, -0.05) is 48.0 Å². The van der Waals surface area contributed by atoms with Gasteiger partial charge in [0.25, 0.3) is 0 Å². The standard InChI is InChI=1S/C14H14ClNO/c15-13-9-5-4-8-12(13)14(10-16)17-11-6-2-1-3-7-11/h1-9,14H,10,16H2. The lowest BCUT2D eigenvalue weighted by Gasteiger charge is -2.18. The first-order valence-corrected chi connectivity index (χ1v) is 5.85. The van der Waals surface area contributed by atoms with Crippen LogP contribution in [-0.2, 0) is 0 Å². The van der Waals surface area contributed by atoms with E-state index in [1.54, 1.807) is 0 Å². The van der Waals surface area contributed by atoms with E-state index in [1.807, 2.05) is 54.6 Å². The first-order chi connectivity index (χ1) is 8.31. The molecule has 3 heteroatoms. The van der Waals surface area contributed by atoms with Crippen LogP contribution in [0.3, 0.4) is 0 Å². The van der Waals surface area contributed by atoms with Crippen LogP contribution in [0.5, 0.6) is 5.75 Å². The van der Waals surface area contributed by atoms with Gasteiger partial charge in [-0.05, 0) is 18.2 Å². The van der Waals surface area contributed by atoms with Crippen LogP contribution in [-0.4, -0.2) is 6.54 Å². The van der Waals surface area contributed by atoms with E-state index in [-0.39, 0.29) is 6.10 Å². The lowest BCUT2D eigenvalue weighted by molar-refractivity contribution is 0.214. The summed E-state index contributed by atoms with van der Waals surface area (Å²) in [6.07, 6.45) is -0.217. The van der Waals surface area contributed by atoms with Gasteiger partial charge in [-0.3, -0.25) is 0 Å². The Morgan fingerprint density at radius 3 is 2.29 bits per heavy atom. The summed E-state index contributed by atoms with van der Waals surface area (Å²) in [4.78, 5) is 0. The minimum Gasteiger partial charge on any atom is -0.484 e. The van der Waals surface area contributed by atoms with E-state index >= 15 is 0 Å². The quantitative estimate of drug-likeness (QED) is 0.899. The highest BCUT2D eigenvalue weighted by atomic mass is 35.5. The molecule has 0 aliphatic carbocycles. The number of halogens is 1. The maximum Gasteiger partial charge on any atom is 0.137 e. The van der Waals surface area contributed by atoms with Crippen LogP contribution in [0, 0.1) is 0 Å². The van der Waals surface area contributed by atoms with Gasteiger partial charge >= 0.3 is 0 Å². The highest BCUT2D eigenvalue weighted by Crippen LogP contribution is 2.26. The molecule has 2 aromatic carbocycles. The van der Waals surface area contributed by atoms with Crippen molar-refractivity contribution < 1.29 is 4.74 Å². The summed E-state index contributed by atoms with van der Waals surface area (Å²) in [5.74, 6) is 0.794. The summed E-state index contributed by atoms with van der Waals surface area (Å²) < 4.78 is 5.82. The lowest BCUT2D eigenvalue weighted by atomic mass is 10.1. The third kappa shape index (κ3) is 2.99. The third-order valence-electron chi connectivity index (χ3n) is 2.49. The molecule has 0 amide bonds. The van der Waals surface area contributed by atoms with Crippen molar-refractivity contribution in [2.24, 2.45) is 5.73 Å². The summed E-state index contributed by atoms with van der Waals surface area (Å²) in [7, 11) is 0. The molecule has 0 spiro atoms. The van der Waals surface area contributed by atoms with Crippen molar-refractivity contribution in [2.75, 3.05) is 6.54 Å². The molecule has 2 nitrogen and oxygen atoms in total. The van der Waals surface area contributed by atoms with Gasteiger partial charge in [-0.25, -0.2) is 0 Å². The molecule has 0 fully saturated rings. The largest absolute Gasteiger partial charge is 0.484 e. The zero-order valence-electron chi connectivity index (χ0n) is 9.34. The van der Waals surface area contributed by atoms with E-state index < -0.39 is 0 Å². The molecular weight excluding hydrogens is 234 g/mol. The molecule has 2 N–H and O–H groups in total.